The summed E-state index contributed by atoms with van der Waals surface area (Å²) in [7, 11) is 0. The van der Waals surface area contributed by atoms with Crippen LogP contribution in [-0.4, -0.2) is 30.4 Å². The van der Waals surface area contributed by atoms with Gasteiger partial charge in [0.05, 0.1) is 10.9 Å². The van der Waals surface area contributed by atoms with Gasteiger partial charge < -0.3 is 9.15 Å². The molecule has 0 unspecified atom stereocenters. The summed E-state index contributed by atoms with van der Waals surface area (Å²) < 4.78 is 13.3. The Kier molecular flexibility index (Phi) is 5.57. The Bertz CT molecular complexity index is 1100. The molecule has 0 radical (unpaired) electrons. The van der Waals surface area contributed by atoms with Crippen molar-refractivity contribution in [2.75, 3.05) is 0 Å². The van der Waals surface area contributed by atoms with Crippen LogP contribution in [0.2, 0.25) is 0 Å². The molecule has 9 heteroatoms. The molecule has 0 fully saturated rings. The molecule has 0 saturated heterocycles. The summed E-state index contributed by atoms with van der Waals surface area (Å²) in [6.07, 6.45) is 0. The predicted octanol–water partition coefficient (Wildman–Crippen LogP) is 4.09. The lowest BCUT2D eigenvalue weighted by atomic mass is 10.1. The van der Waals surface area contributed by atoms with Gasteiger partial charge in [0.1, 0.15) is 5.75 Å². The van der Waals surface area contributed by atoms with Gasteiger partial charge in [-0.15, -0.1) is 15.3 Å². The molecule has 148 valence electrons. The Morgan fingerprint density at radius 2 is 1.90 bits per heavy atom. The molecule has 0 aliphatic heterocycles. The highest BCUT2D eigenvalue weighted by Gasteiger charge is 2.20. The van der Waals surface area contributed by atoms with Gasteiger partial charge in [-0.25, -0.2) is 0 Å². The Labute approximate surface area is 172 Å². The van der Waals surface area contributed by atoms with Crippen LogP contribution >= 0.6 is 11.8 Å². The zero-order valence-corrected chi connectivity index (χ0v) is 17.1. The molecule has 0 bridgehead atoms. The molecular formula is C20H20N6O2S. The van der Waals surface area contributed by atoms with E-state index in [1.165, 1.54) is 11.8 Å². The van der Waals surface area contributed by atoms with Crippen molar-refractivity contribution in [1.82, 2.24) is 30.4 Å². The molecule has 2 heterocycles. The summed E-state index contributed by atoms with van der Waals surface area (Å²) in [6.45, 7) is 6.24. The average Bonchev–Trinajstić information content (AvgIpc) is 3.39. The zero-order chi connectivity index (χ0) is 20.2. The number of nitrogens with zero attached hydrogens (tertiary/aromatic N) is 6. The van der Waals surface area contributed by atoms with Crippen LogP contribution in [0.4, 0.5) is 0 Å². The number of hydrogen-bond donors (Lipinski definition) is 0. The van der Waals surface area contributed by atoms with Gasteiger partial charge in [0.15, 0.2) is 12.4 Å². The maximum atomic E-state index is 5.83. The molecular weight excluding hydrogens is 388 g/mol. The summed E-state index contributed by atoms with van der Waals surface area (Å²) in [6, 6.07) is 15.8. The maximum absolute atomic E-state index is 5.83. The van der Waals surface area contributed by atoms with Crippen LogP contribution in [0.5, 0.6) is 5.75 Å². The molecule has 4 rings (SSSR count). The smallest absolute Gasteiger partial charge is 0.277 e. The van der Waals surface area contributed by atoms with Gasteiger partial charge in [-0.3, -0.25) is 0 Å². The second kappa shape index (κ2) is 8.44. The SMILES string of the molecule is Cc1ccc(C)c(OCc2nnc(S[C@H](C)c3nnnn3-c3ccccc3)o2)c1. The van der Waals surface area contributed by atoms with Crippen molar-refractivity contribution in [2.24, 2.45) is 0 Å². The molecule has 0 aliphatic rings. The Morgan fingerprint density at radius 1 is 1.07 bits per heavy atom. The van der Waals surface area contributed by atoms with Crippen molar-refractivity contribution in [3.05, 3.63) is 71.4 Å². The fourth-order valence-corrected chi connectivity index (χ4v) is 3.54. The van der Waals surface area contributed by atoms with E-state index in [1.54, 1.807) is 4.68 Å². The molecule has 0 N–H and O–H groups in total. The third kappa shape index (κ3) is 4.45. The molecule has 8 nitrogen and oxygen atoms in total. The monoisotopic (exact) mass is 408 g/mol. The number of rotatable bonds is 7. The van der Waals surface area contributed by atoms with E-state index in [9.17, 15) is 0 Å². The summed E-state index contributed by atoms with van der Waals surface area (Å²) in [5.74, 6) is 1.93. The number of benzene rings is 2. The first-order valence-electron chi connectivity index (χ1n) is 9.13. The molecule has 1 atom stereocenters. The average molecular weight is 408 g/mol. The minimum atomic E-state index is -0.0848. The third-order valence-corrected chi connectivity index (χ3v) is 5.21. The fourth-order valence-electron chi connectivity index (χ4n) is 2.75. The van der Waals surface area contributed by atoms with Crippen LogP contribution in [-0.2, 0) is 6.61 Å². The predicted molar refractivity (Wildman–Crippen MR) is 108 cm³/mol. The quantitative estimate of drug-likeness (QED) is 0.422. The van der Waals surface area contributed by atoms with Crippen molar-refractivity contribution in [3.63, 3.8) is 0 Å². The number of hydrogen-bond acceptors (Lipinski definition) is 8. The number of para-hydroxylation sites is 1. The lowest BCUT2D eigenvalue weighted by Crippen LogP contribution is -2.04. The fraction of sp³-hybridized carbons (Fsp3) is 0.250. The first kappa shape index (κ1) is 19.1. The van der Waals surface area contributed by atoms with Crippen LogP contribution in [0, 0.1) is 13.8 Å². The van der Waals surface area contributed by atoms with Crippen molar-refractivity contribution < 1.29 is 9.15 Å². The van der Waals surface area contributed by atoms with Crippen molar-refractivity contribution >= 4 is 11.8 Å². The van der Waals surface area contributed by atoms with Crippen molar-refractivity contribution in [1.29, 1.82) is 0 Å². The van der Waals surface area contributed by atoms with E-state index in [1.807, 2.05) is 69.3 Å². The highest BCUT2D eigenvalue weighted by atomic mass is 32.2. The lowest BCUT2D eigenvalue weighted by molar-refractivity contribution is 0.250. The molecule has 4 aromatic rings. The Morgan fingerprint density at radius 3 is 2.72 bits per heavy atom. The van der Waals surface area contributed by atoms with Gasteiger partial charge in [-0.1, -0.05) is 42.1 Å². The van der Waals surface area contributed by atoms with E-state index in [-0.39, 0.29) is 11.9 Å². The van der Waals surface area contributed by atoms with Crippen LogP contribution < -0.4 is 4.74 Å². The van der Waals surface area contributed by atoms with E-state index in [0.29, 0.717) is 16.9 Å². The van der Waals surface area contributed by atoms with Gasteiger partial charge in [-0.2, -0.15) is 4.68 Å². The summed E-state index contributed by atoms with van der Waals surface area (Å²) in [5.41, 5.74) is 3.09. The van der Waals surface area contributed by atoms with Crippen LogP contribution in [0.15, 0.2) is 58.2 Å². The molecule has 29 heavy (non-hydrogen) atoms. The normalized spacial score (nSPS) is 12.1. The van der Waals surface area contributed by atoms with Crippen LogP contribution in [0.1, 0.15) is 35.0 Å². The molecule has 0 spiro atoms. The highest BCUT2D eigenvalue weighted by molar-refractivity contribution is 7.99. The van der Waals surface area contributed by atoms with Crippen LogP contribution in [0.25, 0.3) is 5.69 Å². The van der Waals surface area contributed by atoms with E-state index in [4.69, 9.17) is 9.15 Å². The van der Waals surface area contributed by atoms with E-state index < -0.39 is 0 Å². The highest BCUT2D eigenvalue weighted by Crippen LogP contribution is 2.33. The van der Waals surface area contributed by atoms with E-state index >= 15 is 0 Å². The number of ether oxygens (including phenoxy) is 1. The first-order valence-corrected chi connectivity index (χ1v) is 10.0. The number of aryl methyl sites for hydroxylation is 2. The number of tetrazole rings is 1. The number of thioether (sulfide) groups is 1. The molecule has 0 saturated carbocycles. The second-order valence-electron chi connectivity index (χ2n) is 6.56. The van der Waals surface area contributed by atoms with Gasteiger partial charge in [0.2, 0.25) is 0 Å². The molecule has 2 aromatic carbocycles. The Hall–Kier alpha value is -3.20. The standard InChI is InChI=1S/C20H20N6O2S/c1-13-9-10-14(2)17(11-13)27-12-18-21-23-20(28-18)29-15(3)19-22-24-25-26(19)16-7-5-4-6-8-16/h4-11,15H,12H2,1-3H3/t15-/m1/s1. The van der Waals surface area contributed by atoms with E-state index in [0.717, 1.165) is 22.6 Å². The largest absolute Gasteiger partial charge is 0.484 e. The van der Waals surface area contributed by atoms with Gasteiger partial charge in [0, 0.05) is 0 Å². The second-order valence-corrected chi connectivity index (χ2v) is 7.86. The van der Waals surface area contributed by atoms with E-state index in [2.05, 4.69) is 25.7 Å². The zero-order valence-electron chi connectivity index (χ0n) is 16.3. The minimum absolute atomic E-state index is 0.0848. The summed E-state index contributed by atoms with van der Waals surface area (Å²) in [4.78, 5) is 0. The summed E-state index contributed by atoms with van der Waals surface area (Å²) in [5, 5.41) is 20.6. The first-order chi connectivity index (χ1) is 14.1. The minimum Gasteiger partial charge on any atom is -0.484 e. The molecule has 2 aromatic heterocycles. The lowest BCUT2D eigenvalue weighted by Gasteiger charge is -2.09. The maximum Gasteiger partial charge on any atom is 0.277 e. The van der Waals surface area contributed by atoms with Crippen molar-refractivity contribution in [2.45, 2.75) is 37.9 Å². The van der Waals surface area contributed by atoms with Crippen molar-refractivity contribution in [3.8, 4) is 11.4 Å². The van der Waals surface area contributed by atoms with Gasteiger partial charge in [-0.05, 0) is 60.5 Å². The molecule has 0 amide bonds. The van der Waals surface area contributed by atoms with Gasteiger partial charge >= 0.3 is 0 Å². The molecule has 0 aliphatic carbocycles. The van der Waals surface area contributed by atoms with Crippen LogP contribution in [0.3, 0.4) is 0 Å². The Balaban J connectivity index is 1.42. The summed E-state index contributed by atoms with van der Waals surface area (Å²) >= 11 is 1.40. The third-order valence-electron chi connectivity index (χ3n) is 4.28. The van der Waals surface area contributed by atoms with Gasteiger partial charge in [0.25, 0.3) is 11.1 Å². The number of aromatic nitrogens is 6. The topological polar surface area (TPSA) is 91.8 Å².